The van der Waals surface area contributed by atoms with Crippen molar-refractivity contribution >= 4 is 10.8 Å². The molecule has 3 N–H and O–H groups in total. The van der Waals surface area contributed by atoms with Crippen LogP contribution < -0.4 is 16.5 Å². The second-order valence-corrected chi connectivity index (χ2v) is 6.85. The van der Waals surface area contributed by atoms with Crippen molar-refractivity contribution in [2.45, 2.75) is 38.8 Å². The van der Waals surface area contributed by atoms with Gasteiger partial charge in [0.1, 0.15) is 5.82 Å². The summed E-state index contributed by atoms with van der Waals surface area (Å²) in [6.07, 6.45) is 1.72. The van der Waals surface area contributed by atoms with Gasteiger partial charge < -0.3 is 0 Å². The van der Waals surface area contributed by atoms with E-state index in [0.29, 0.717) is 18.0 Å². The Hall–Kier alpha value is -2.44. The summed E-state index contributed by atoms with van der Waals surface area (Å²) in [5, 5.41) is 9.09. The van der Waals surface area contributed by atoms with Gasteiger partial charge in [-0.2, -0.15) is 5.10 Å². The van der Waals surface area contributed by atoms with Crippen molar-refractivity contribution in [1.29, 1.82) is 0 Å². The molecule has 1 fully saturated rings. The van der Waals surface area contributed by atoms with Crippen molar-refractivity contribution in [3.63, 3.8) is 0 Å². The third kappa shape index (κ3) is 2.88. The molecule has 0 aliphatic carbocycles. The fourth-order valence-corrected chi connectivity index (χ4v) is 3.85. The lowest BCUT2D eigenvalue weighted by molar-refractivity contribution is 0.409. The van der Waals surface area contributed by atoms with Gasteiger partial charge >= 0.3 is 5.69 Å². The van der Waals surface area contributed by atoms with E-state index in [1.165, 1.54) is 0 Å². The number of hydrazine groups is 1. The number of aryl methyl sites for hydroxylation is 1. The van der Waals surface area contributed by atoms with Crippen molar-refractivity contribution in [2.24, 2.45) is 5.92 Å². The Labute approximate surface area is 146 Å². The molecule has 1 aliphatic rings. The average molecular weight is 337 g/mol. The maximum Gasteiger partial charge on any atom is 0.347 e. The van der Waals surface area contributed by atoms with E-state index in [1.807, 2.05) is 30.3 Å². The minimum absolute atomic E-state index is 0.185. The molecule has 3 aromatic rings. The predicted molar refractivity (Wildman–Crippen MR) is 98.7 cm³/mol. The first kappa shape index (κ1) is 16.1. The predicted octanol–water partition coefficient (Wildman–Crippen LogP) is 2.15. The molecule has 1 aliphatic heterocycles. The van der Waals surface area contributed by atoms with E-state index in [9.17, 15) is 4.79 Å². The molecular weight excluding hydrogens is 314 g/mol. The molecule has 130 valence electrons. The van der Waals surface area contributed by atoms with Gasteiger partial charge in [0, 0.05) is 23.9 Å². The van der Waals surface area contributed by atoms with E-state index >= 15 is 0 Å². The highest BCUT2D eigenvalue weighted by molar-refractivity contribution is 5.90. The van der Waals surface area contributed by atoms with Crippen LogP contribution in [0.15, 0.2) is 47.3 Å². The zero-order valence-electron chi connectivity index (χ0n) is 14.5. The Morgan fingerprint density at radius 2 is 1.76 bits per heavy atom. The standard InChI is InChI=1S/C19H23N5O/c1-12-15(13(2)21-20-12)10-11-18-22-23-19(25)24(18)17-9-5-7-14-6-3-4-8-16(14)17/h3-9,12-13,15,20-21H,10-11H2,1-2H3,(H,23,25). The molecule has 1 saturated heterocycles. The van der Waals surface area contributed by atoms with Crippen LogP contribution in [0.25, 0.3) is 16.5 Å². The number of aromatic nitrogens is 3. The molecule has 0 bridgehead atoms. The Morgan fingerprint density at radius 1 is 1.04 bits per heavy atom. The molecule has 0 spiro atoms. The van der Waals surface area contributed by atoms with Crippen LogP contribution in [0.4, 0.5) is 0 Å². The van der Waals surface area contributed by atoms with E-state index in [1.54, 1.807) is 4.57 Å². The number of aromatic amines is 1. The number of hydrogen-bond acceptors (Lipinski definition) is 4. The summed E-state index contributed by atoms with van der Waals surface area (Å²) in [7, 11) is 0. The number of nitrogens with one attached hydrogen (secondary N) is 3. The molecule has 1 aromatic heterocycles. The zero-order chi connectivity index (χ0) is 17.4. The van der Waals surface area contributed by atoms with Gasteiger partial charge in [0.2, 0.25) is 0 Å². The monoisotopic (exact) mass is 337 g/mol. The van der Waals surface area contributed by atoms with Crippen LogP contribution in [0, 0.1) is 5.92 Å². The summed E-state index contributed by atoms with van der Waals surface area (Å²) in [4.78, 5) is 12.4. The van der Waals surface area contributed by atoms with Crippen molar-refractivity contribution < 1.29 is 0 Å². The minimum atomic E-state index is -0.185. The lowest BCUT2D eigenvalue weighted by Crippen LogP contribution is -2.30. The maximum atomic E-state index is 12.4. The molecule has 25 heavy (non-hydrogen) atoms. The van der Waals surface area contributed by atoms with Crippen molar-refractivity contribution in [1.82, 2.24) is 25.6 Å². The number of benzene rings is 2. The summed E-state index contributed by atoms with van der Waals surface area (Å²) in [5.74, 6) is 1.29. The third-order valence-corrected chi connectivity index (χ3v) is 5.27. The van der Waals surface area contributed by atoms with Gasteiger partial charge in [-0.15, -0.1) is 0 Å². The molecule has 0 radical (unpaired) electrons. The number of hydrogen-bond donors (Lipinski definition) is 3. The third-order valence-electron chi connectivity index (χ3n) is 5.27. The Morgan fingerprint density at radius 3 is 2.56 bits per heavy atom. The van der Waals surface area contributed by atoms with Gasteiger partial charge in [-0.1, -0.05) is 36.4 Å². The number of H-pyrrole nitrogens is 1. The van der Waals surface area contributed by atoms with E-state index in [4.69, 9.17) is 0 Å². The van der Waals surface area contributed by atoms with Gasteiger partial charge in [0.15, 0.2) is 0 Å². The molecule has 2 unspecified atom stereocenters. The normalized spacial score (nSPS) is 23.4. The summed E-state index contributed by atoms with van der Waals surface area (Å²) < 4.78 is 1.72. The molecule has 6 nitrogen and oxygen atoms in total. The molecule has 2 heterocycles. The van der Waals surface area contributed by atoms with Crippen LogP contribution in [0.3, 0.4) is 0 Å². The quantitative estimate of drug-likeness (QED) is 0.682. The number of fused-ring (bicyclic) bond motifs is 1. The van der Waals surface area contributed by atoms with Gasteiger partial charge in [-0.05, 0) is 37.6 Å². The zero-order valence-corrected chi connectivity index (χ0v) is 14.5. The molecule has 0 saturated carbocycles. The maximum absolute atomic E-state index is 12.4. The van der Waals surface area contributed by atoms with Crippen LogP contribution in [0.1, 0.15) is 26.1 Å². The topological polar surface area (TPSA) is 74.7 Å². The molecular formula is C19H23N5O. The second-order valence-electron chi connectivity index (χ2n) is 6.85. The Balaban J connectivity index is 1.69. The van der Waals surface area contributed by atoms with Gasteiger partial charge in [-0.3, -0.25) is 10.9 Å². The first-order chi connectivity index (χ1) is 12.1. The van der Waals surface area contributed by atoms with E-state index in [2.05, 4.69) is 47.0 Å². The van der Waals surface area contributed by atoms with Crippen LogP contribution in [0.2, 0.25) is 0 Å². The summed E-state index contributed by atoms with van der Waals surface area (Å²) >= 11 is 0. The first-order valence-electron chi connectivity index (χ1n) is 8.80. The first-order valence-corrected chi connectivity index (χ1v) is 8.80. The van der Waals surface area contributed by atoms with E-state index < -0.39 is 0 Å². The molecule has 0 amide bonds. The fraction of sp³-hybridized carbons (Fsp3) is 0.368. The number of nitrogens with zero attached hydrogens (tertiary/aromatic N) is 2. The highest BCUT2D eigenvalue weighted by Crippen LogP contribution is 2.24. The SMILES string of the molecule is CC1NNC(C)C1CCc1n[nH]c(=O)n1-c1cccc2ccccc12. The molecule has 2 atom stereocenters. The highest BCUT2D eigenvalue weighted by atomic mass is 16.1. The van der Waals surface area contributed by atoms with Gasteiger partial charge in [0.05, 0.1) is 5.69 Å². The Kier molecular flexibility index (Phi) is 4.15. The molecule has 2 aromatic carbocycles. The van der Waals surface area contributed by atoms with Crippen molar-refractivity contribution in [3.8, 4) is 5.69 Å². The number of rotatable bonds is 4. The van der Waals surface area contributed by atoms with E-state index in [-0.39, 0.29) is 5.69 Å². The Bertz CT molecular complexity index is 929. The lowest BCUT2D eigenvalue weighted by atomic mass is 9.91. The van der Waals surface area contributed by atoms with Crippen LogP contribution in [-0.2, 0) is 6.42 Å². The van der Waals surface area contributed by atoms with Crippen molar-refractivity contribution in [3.05, 3.63) is 58.8 Å². The average Bonchev–Trinajstić information content (AvgIpc) is 3.15. The molecule has 4 rings (SSSR count). The summed E-state index contributed by atoms with van der Waals surface area (Å²) in [6.45, 7) is 4.37. The summed E-state index contributed by atoms with van der Waals surface area (Å²) in [6, 6.07) is 14.9. The lowest BCUT2D eigenvalue weighted by Gasteiger charge is -2.17. The highest BCUT2D eigenvalue weighted by Gasteiger charge is 2.29. The van der Waals surface area contributed by atoms with Crippen molar-refractivity contribution in [2.75, 3.05) is 0 Å². The fourth-order valence-electron chi connectivity index (χ4n) is 3.85. The largest absolute Gasteiger partial charge is 0.347 e. The summed E-state index contributed by atoms with van der Waals surface area (Å²) in [5.41, 5.74) is 7.27. The minimum Gasteiger partial charge on any atom is -0.254 e. The second kappa shape index (κ2) is 6.46. The van der Waals surface area contributed by atoms with Crippen LogP contribution >= 0.6 is 0 Å². The van der Waals surface area contributed by atoms with Crippen LogP contribution in [0.5, 0.6) is 0 Å². The smallest absolute Gasteiger partial charge is 0.254 e. The van der Waals surface area contributed by atoms with Gasteiger partial charge in [0.25, 0.3) is 0 Å². The van der Waals surface area contributed by atoms with Crippen LogP contribution in [-0.4, -0.2) is 26.8 Å². The molecule has 6 heteroatoms. The van der Waals surface area contributed by atoms with Gasteiger partial charge in [-0.25, -0.2) is 14.5 Å². The van der Waals surface area contributed by atoms with E-state index in [0.717, 1.165) is 35.1 Å².